The van der Waals surface area contributed by atoms with Gasteiger partial charge in [-0.1, -0.05) is 24.3 Å². The third-order valence-corrected chi connectivity index (χ3v) is 7.03. The lowest BCUT2D eigenvalue weighted by molar-refractivity contribution is 0.102. The van der Waals surface area contributed by atoms with E-state index in [4.69, 9.17) is 14.5 Å². The van der Waals surface area contributed by atoms with Crippen molar-refractivity contribution >= 4 is 44.5 Å². The van der Waals surface area contributed by atoms with Crippen LogP contribution in [0, 0.1) is 0 Å². The summed E-state index contributed by atoms with van der Waals surface area (Å²) in [5.41, 5.74) is 3.72. The monoisotopic (exact) mass is 473 g/mol. The van der Waals surface area contributed by atoms with Gasteiger partial charge in [-0.25, -0.2) is 9.97 Å². The number of anilines is 1. The maximum Gasteiger partial charge on any atom is 0.275 e. The minimum Gasteiger partial charge on any atom is -0.493 e. The van der Waals surface area contributed by atoms with Crippen LogP contribution in [0.4, 0.5) is 5.69 Å². The third kappa shape index (κ3) is 4.18. The molecule has 0 fully saturated rings. The van der Waals surface area contributed by atoms with E-state index in [9.17, 15) is 4.79 Å². The van der Waals surface area contributed by atoms with Crippen molar-refractivity contribution in [1.29, 1.82) is 0 Å². The van der Waals surface area contributed by atoms with Crippen molar-refractivity contribution in [3.8, 4) is 32.6 Å². The fraction of sp³-hybridized carbons (Fsp3) is 0.0800. The first-order valence-electron chi connectivity index (χ1n) is 10.1. The summed E-state index contributed by atoms with van der Waals surface area (Å²) in [5, 5.41) is 6.33. The molecule has 0 aliphatic rings. The van der Waals surface area contributed by atoms with Crippen molar-refractivity contribution in [2.75, 3.05) is 19.5 Å². The van der Waals surface area contributed by atoms with Crippen LogP contribution in [-0.2, 0) is 0 Å². The van der Waals surface area contributed by atoms with E-state index >= 15 is 0 Å². The maximum atomic E-state index is 13.0. The standard InChI is InChI=1S/C25H19N3O3S2/c1-30-20-12-11-15(13-21(20)31-2)24-28-19(14-32-24)23(29)26-17-8-4-3-7-16(17)25-27-18-9-5-6-10-22(18)33-25/h3-14H,1-2H3,(H,26,29). The first-order valence-corrected chi connectivity index (χ1v) is 11.8. The summed E-state index contributed by atoms with van der Waals surface area (Å²) in [4.78, 5) is 22.3. The molecule has 1 amide bonds. The number of hydrogen-bond acceptors (Lipinski definition) is 7. The molecular weight excluding hydrogens is 454 g/mol. The number of hydrogen-bond donors (Lipinski definition) is 1. The minimum absolute atomic E-state index is 0.272. The van der Waals surface area contributed by atoms with Gasteiger partial charge in [0.05, 0.1) is 30.1 Å². The van der Waals surface area contributed by atoms with Gasteiger partial charge in [0.15, 0.2) is 11.5 Å². The Balaban J connectivity index is 1.41. The normalized spacial score (nSPS) is 10.8. The summed E-state index contributed by atoms with van der Waals surface area (Å²) in [5.74, 6) is 0.981. The van der Waals surface area contributed by atoms with Crippen LogP contribution in [0.5, 0.6) is 11.5 Å². The summed E-state index contributed by atoms with van der Waals surface area (Å²) in [6.07, 6.45) is 0. The Kier molecular flexibility index (Phi) is 5.77. The van der Waals surface area contributed by atoms with Crippen LogP contribution >= 0.6 is 22.7 Å². The number of carbonyl (C=O) groups excluding carboxylic acids is 1. The highest BCUT2D eigenvalue weighted by Crippen LogP contribution is 2.36. The molecule has 5 aromatic rings. The second kappa shape index (κ2) is 9.01. The molecule has 3 aromatic carbocycles. The summed E-state index contributed by atoms with van der Waals surface area (Å²) in [7, 11) is 3.18. The number of amides is 1. The Bertz CT molecular complexity index is 1430. The van der Waals surface area contributed by atoms with Crippen LogP contribution in [0.1, 0.15) is 10.5 Å². The van der Waals surface area contributed by atoms with Gasteiger partial charge < -0.3 is 14.8 Å². The van der Waals surface area contributed by atoms with E-state index < -0.39 is 0 Å². The fourth-order valence-electron chi connectivity index (χ4n) is 3.43. The van der Waals surface area contributed by atoms with Gasteiger partial charge in [0.1, 0.15) is 15.7 Å². The van der Waals surface area contributed by atoms with Crippen molar-refractivity contribution in [1.82, 2.24) is 9.97 Å². The number of para-hydroxylation sites is 2. The van der Waals surface area contributed by atoms with Crippen LogP contribution in [0.15, 0.2) is 72.1 Å². The Labute approximate surface area is 198 Å². The van der Waals surface area contributed by atoms with Gasteiger partial charge in [0.2, 0.25) is 0 Å². The average molecular weight is 474 g/mol. The molecule has 33 heavy (non-hydrogen) atoms. The molecule has 2 aromatic heterocycles. The molecule has 0 saturated carbocycles. The zero-order valence-corrected chi connectivity index (χ0v) is 19.5. The molecule has 1 N–H and O–H groups in total. The molecule has 5 rings (SSSR count). The molecule has 0 atom stereocenters. The zero-order valence-electron chi connectivity index (χ0n) is 17.9. The lowest BCUT2D eigenvalue weighted by Gasteiger charge is -2.08. The van der Waals surface area contributed by atoms with Gasteiger partial charge in [-0.3, -0.25) is 4.79 Å². The van der Waals surface area contributed by atoms with Crippen molar-refractivity contribution in [3.05, 3.63) is 77.8 Å². The highest BCUT2D eigenvalue weighted by molar-refractivity contribution is 7.21. The Morgan fingerprint density at radius 3 is 2.48 bits per heavy atom. The fourth-order valence-corrected chi connectivity index (χ4v) is 5.23. The quantitative estimate of drug-likeness (QED) is 0.311. The average Bonchev–Trinajstić information content (AvgIpc) is 3.51. The van der Waals surface area contributed by atoms with E-state index in [-0.39, 0.29) is 5.91 Å². The predicted molar refractivity (Wildman–Crippen MR) is 134 cm³/mol. The third-order valence-electron chi connectivity index (χ3n) is 5.07. The molecule has 0 radical (unpaired) electrons. The van der Waals surface area contributed by atoms with E-state index in [0.29, 0.717) is 22.9 Å². The first-order chi connectivity index (χ1) is 16.2. The second-order valence-electron chi connectivity index (χ2n) is 7.09. The van der Waals surface area contributed by atoms with Crippen molar-refractivity contribution in [3.63, 3.8) is 0 Å². The Hall–Kier alpha value is -3.75. The van der Waals surface area contributed by atoms with E-state index in [0.717, 1.165) is 31.4 Å². The molecule has 0 aliphatic heterocycles. The van der Waals surface area contributed by atoms with Gasteiger partial charge in [0, 0.05) is 16.5 Å². The maximum absolute atomic E-state index is 13.0. The Morgan fingerprint density at radius 1 is 0.879 bits per heavy atom. The summed E-state index contributed by atoms with van der Waals surface area (Å²) in [6, 6.07) is 21.2. The van der Waals surface area contributed by atoms with Gasteiger partial charge in [-0.05, 0) is 42.5 Å². The zero-order chi connectivity index (χ0) is 22.8. The summed E-state index contributed by atoms with van der Waals surface area (Å²) >= 11 is 3.00. The number of nitrogens with zero attached hydrogens (tertiary/aromatic N) is 2. The van der Waals surface area contributed by atoms with Crippen LogP contribution in [0.25, 0.3) is 31.4 Å². The SMILES string of the molecule is COc1ccc(-c2nc(C(=O)Nc3ccccc3-c3nc4ccccc4s3)cs2)cc1OC. The van der Waals surface area contributed by atoms with Crippen LogP contribution in [0.2, 0.25) is 0 Å². The molecule has 2 heterocycles. The Morgan fingerprint density at radius 2 is 1.67 bits per heavy atom. The summed E-state index contributed by atoms with van der Waals surface area (Å²) in [6.45, 7) is 0. The lowest BCUT2D eigenvalue weighted by Crippen LogP contribution is -2.13. The molecule has 164 valence electrons. The van der Waals surface area contributed by atoms with Crippen molar-refractivity contribution < 1.29 is 14.3 Å². The van der Waals surface area contributed by atoms with Crippen molar-refractivity contribution in [2.24, 2.45) is 0 Å². The van der Waals surface area contributed by atoms with Gasteiger partial charge >= 0.3 is 0 Å². The molecule has 0 saturated heterocycles. The molecule has 6 nitrogen and oxygen atoms in total. The number of fused-ring (bicyclic) bond motifs is 1. The first kappa shape index (κ1) is 21.1. The number of rotatable bonds is 6. The molecular formula is C25H19N3O3S2. The summed E-state index contributed by atoms with van der Waals surface area (Å²) < 4.78 is 11.8. The van der Waals surface area contributed by atoms with E-state index in [1.807, 2.05) is 66.7 Å². The smallest absolute Gasteiger partial charge is 0.275 e. The topological polar surface area (TPSA) is 73.3 Å². The highest BCUT2D eigenvalue weighted by atomic mass is 32.1. The number of aromatic nitrogens is 2. The number of carbonyl (C=O) groups is 1. The van der Waals surface area contributed by atoms with Gasteiger partial charge in [-0.15, -0.1) is 22.7 Å². The van der Waals surface area contributed by atoms with E-state index in [1.165, 1.54) is 11.3 Å². The molecule has 0 aliphatic carbocycles. The number of methoxy groups -OCH3 is 2. The van der Waals surface area contributed by atoms with E-state index in [2.05, 4.69) is 10.3 Å². The number of nitrogens with one attached hydrogen (secondary N) is 1. The van der Waals surface area contributed by atoms with Crippen LogP contribution in [-0.4, -0.2) is 30.1 Å². The molecule has 8 heteroatoms. The molecule has 0 bridgehead atoms. The van der Waals surface area contributed by atoms with Crippen LogP contribution in [0.3, 0.4) is 0 Å². The number of thiazole rings is 2. The number of benzene rings is 3. The van der Waals surface area contributed by atoms with Crippen LogP contribution < -0.4 is 14.8 Å². The predicted octanol–water partition coefficient (Wildman–Crippen LogP) is 6.36. The molecule has 0 unspecified atom stereocenters. The highest BCUT2D eigenvalue weighted by Gasteiger charge is 2.17. The largest absolute Gasteiger partial charge is 0.493 e. The van der Waals surface area contributed by atoms with E-state index in [1.54, 1.807) is 30.9 Å². The molecule has 0 spiro atoms. The van der Waals surface area contributed by atoms with Crippen molar-refractivity contribution in [2.45, 2.75) is 0 Å². The number of ether oxygens (including phenoxy) is 2. The lowest BCUT2D eigenvalue weighted by atomic mass is 10.2. The second-order valence-corrected chi connectivity index (χ2v) is 8.98. The van der Waals surface area contributed by atoms with Gasteiger partial charge in [0.25, 0.3) is 5.91 Å². The van der Waals surface area contributed by atoms with Gasteiger partial charge in [-0.2, -0.15) is 0 Å². The minimum atomic E-state index is -0.272.